The van der Waals surface area contributed by atoms with Crippen LogP contribution in [-0.4, -0.2) is 15.9 Å². The highest BCUT2D eigenvalue weighted by Crippen LogP contribution is 2.23. The van der Waals surface area contributed by atoms with Gasteiger partial charge < -0.3 is 5.32 Å². The zero-order valence-electron chi connectivity index (χ0n) is 11.4. The van der Waals surface area contributed by atoms with Crippen LogP contribution in [0, 0.1) is 10.1 Å². The molecule has 0 fully saturated rings. The Hall–Kier alpha value is -2.22. The minimum atomic E-state index is -0.553. The molecule has 1 amide bonds. The molecule has 6 nitrogen and oxygen atoms in total. The van der Waals surface area contributed by atoms with Crippen LogP contribution in [0.4, 0.5) is 11.4 Å². The molecule has 9 heteroatoms. The smallest absolute Gasteiger partial charge is 0.292 e. The van der Waals surface area contributed by atoms with Gasteiger partial charge in [-0.2, -0.15) is 0 Å². The van der Waals surface area contributed by atoms with Crippen molar-refractivity contribution in [3.8, 4) is 0 Å². The number of thiocarbonyl (C=S) groups is 1. The van der Waals surface area contributed by atoms with Crippen LogP contribution in [0.25, 0.3) is 0 Å². The number of anilines is 1. The van der Waals surface area contributed by atoms with Crippen LogP contribution in [0.5, 0.6) is 0 Å². The molecule has 0 saturated carbocycles. The summed E-state index contributed by atoms with van der Waals surface area (Å²) in [6.07, 6.45) is 0. The first-order chi connectivity index (χ1) is 10.9. The number of carbonyl (C=O) groups excluding carboxylic acids is 1. The van der Waals surface area contributed by atoms with Crippen molar-refractivity contribution in [3.05, 3.63) is 68.2 Å². The van der Waals surface area contributed by atoms with E-state index >= 15 is 0 Å². The zero-order valence-corrected chi connectivity index (χ0v) is 13.7. The number of para-hydroxylation sites is 2. The Labute approximate surface area is 146 Å². The van der Waals surface area contributed by atoms with Crippen molar-refractivity contribution >= 4 is 57.8 Å². The van der Waals surface area contributed by atoms with E-state index < -0.39 is 10.8 Å². The molecule has 2 aromatic rings. The van der Waals surface area contributed by atoms with Gasteiger partial charge >= 0.3 is 0 Å². The number of nitrogens with one attached hydrogen (secondary N) is 2. The van der Waals surface area contributed by atoms with Gasteiger partial charge in [-0.25, -0.2) is 0 Å². The maximum atomic E-state index is 12.1. The van der Waals surface area contributed by atoms with Crippen LogP contribution in [0.2, 0.25) is 10.0 Å². The predicted molar refractivity (Wildman–Crippen MR) is 93.2 cm³/mol. The van der Waals surface area contributed by atoms with E-state index in [1.54, 1.807) is 6.07 Å². The van der Waals surface area contributed by atoms with E-state index in [0.29, 0.717) is 5.02 Å². The van der Waals surface area contributed by atoms with Crippen LogP contribution in [0.15, 0.2) is 42.5 Å². The summed E-state index contributed by atoms with van der Waals surface area (Å²) in [5.74, 6) is -0.553. The Balaban J connectivity index is 2.11. The summed E-state index contributed by atoms with van der Waals surface area (Å²) >= 11 is 16.7. The largest absolute Gasteiger partial charge is 0.327 e. The van der Waals surface area contributed by atoms with E-state index in [1.807, 2.05) is 0 Å². The fourth-order valence-electron chi connectivity index (χ4n) is 1.74. The summed E-state index contributed by atoms with van der Waals surface area (Å²) in [7, 11) is 0. The average molecular weight is 370 g/mol. The molecule has 0 spiro atoms. The number of nitro benzene ring substituents is 1. The van der Waals surface area contributed by atoms with Crippen molar-refractivity contribution in [1.82, 2.24) is 5.32 Å². The second kappa shape index (κ2) is 7.36. The summed E-state index contributed by atoms with van der Waals surface area (Å²) in [6.45, 7) is 0. The number of nitrogens with zero attached hydrogens (tertiary/aromatic N) is 1. The number of hydrogen-bond acceptors (Lipinski definition) is 4. The third-order valence-corrected chi connectivity index (χ3v) is 3.50. The first kappa shape index (κ1) is 17.1. The molecule has 2 N–H and O–H groups in total. The molecule has 0 radical (unpaired) electrons. The number of carbonyl (C=O) groups is 1. The SMILES string of the molecule is O=C(NC(=S)Nc1ccccc1[N+](=O)[O-])c1ccc(Cl)cc1Cl. The van der Waals surface area contributed by atoms with Crippen LogP contribution in [0.3, 0.4) is 0 Å². The van der Waals surface area contributed by atoms with Gasteiger partial charge in [0.05, 0.1) is 15.5 Å². The molecular weight excluding hydrogens is 361 g/mol. The van der Waals surface area contributed by atoms with Gasteiger partial charge in [0.1, 0.15) is 5.69 Å². The Morgan fingerprint density at radius 2 is 1.87 bits per heavy atom. The van der Waals surface area contributed by atoms with Crippen molar-refractivity contribution < 1.29 is 9.72 Å². The molecule has 0 heterocycles. The molecule has 0 atom stereocenters. The monoisotopic (exact) mass is 369 g/mol. The Bertz CT molecular complexity index is 799. The van der Waals surface area contributed by atoms with Gasteiger partial charge in [0.2, 0.25) is 0 Å². The fraction of sp³-hybridized carbons (Fsp3) is 0. The summed E-state index contributed by atoms with van der Waals surface area (Å²) in [4.78, 5) is 22.5. The summed E-state index contributed by atoms with van der Waals surface area (Å²) in [5.41, 5.74) is 0.196. The third kappa shape index (κ3) is 4.38. The summed E-state index contributed by atoms with van der Waals surface area (Å²) < 4.78 is 0. The van der Waals surface area contributed by atoms with Crippen LogP contribution in [0.1, 0.15) is 10.4 Å². The molecule has 0 unspecified atom stereocenters. The zero-order chi connectivity index (χ0) is 17.0. The second-order valence-corrected chi connectivity index (χ2v) is 5.56. The Morgan fingerprint density at radius 3 is 2.52 bits per heavy atom. The van der Waals surface area contributed by atoms with Crippen molar-refractivity contribution in [2.45, 2.75) is 0 Å². The normalized spacial score (nSPS) is 10.0. The molecule has 2 rings (SSSR count). The lowest BCUT2D eigenvalue weighted by Gasteiger charge is -2.10. The summed E-state index contributed by atoms with van der Waals surface area (Å²) in [5, 5.41) is 16.4. The highest BCUT2D eigenvalue weighted by molar-refractivity contribution is 7.80. The van der Waals surface area contributed by atoms with Crippen LogP contribution >= 0.6 is 35.4 Å². The van der Waals surface area contributed by atoms with Gasteiger partial charge in [0, 0.05) is 11.1 Å². The van der Waals surface area contributed by atoms with Crippen molar-refractivity contribution in [2.24, 2.45) is 0 Å². The van der Waals surface area contributed by atoms with Crippen molar-refractivity contribution in [2.75, 3.05) is 5.32 Å². The van der Waals surface area contributed by atoms with E-state index in [-0.39, 0.29) is 27.1 Å². The average Bonchev–Trinajstić information content (AvgIpc) is 2.47. The molecule has 2 aromatic carbocycles. The molecule has 0 bridgehead atoms. The van der Waals surface area contributed by atoms with Gasteiger partial charge in [0.25, 0.3) is 11.6 Å². The minimum absolute atomic E-state index is 0.0877. The highest BCUT2D eigenvalue weighted by Gasteiger charge is 2.16. The van der Waals surface area contributed by atoms with E-state index in [1.165, 1.54) is 36.4 Å². The molecule has 0 aliphatic carbocycles. The van der Waals surface area contributed by atoms with E-state index in [9.17, 15) is 14.9 Å². The third-order valence-electron chi connectivity index (χ3n) is 2.75. The lowest BCUT2D eigenvalue weighted by Crippen LogP contribution is -2.34. The summed E-state index contributed by atoms with van der Waals surface area (Å²) in [6, 6.07) is 10.3. The van der Waals surface area contributed by atoms with E-state index in [0.717, 1.165) is 0 Å². The highest BCUT2D eigenvalue weighted by atomic mass is 35.5. The molecule has 23 heavy (non-hydrogen) atoms. The Kier molecular flexibility index (Phi) is 5.49. The number of nitro groups is 1. The standard InChI is InChI=1S/C14H9Cl2N3O3S/c15-8-5-6-9(10(16)7-8)13(20)18-14(23)17-11-3-1-2-4-12(11)19(21)22/h1-7H,(H2,17,18,20,23). The number of benzene rings is 2. The van der Waals surface area contributed by atoms with Gasteiger partial charge in [-0.1, -0.05) is 35.3 Å². The molecular formula is C14H9Cl2N3O3S. The number of halogens is 2. The predicted octanol–water partition coefficient (Wildman–Crippen LogP) is 4.03. The molecule has 0 saturated heterocycles. The molecule has 0 aromatic heterocycles. The van der Waals surface area contributed by atoms with Crippen molar-refractivity contribution in [3.63, 3.8) is 0 Å². The maximum Gasteiger partial charge on any atom is 0.292 e. The fourth-order valence-corrected chi connectivity index (χ4v) is 2.43. The van der Waals surface area contributed by atoms with Gasteiger partial charge in [0.15, 0.2) is 5.11 Å². The van der Waals surface area contributed by atoms with Crippen molar-refractivity contribution in [1.29, 1.82) is 0 Å². The Morgan fingerprint density at radius 1 is 1.17 bits per heavy atom. The second-order valence-electron chi connectivity index (χ2n) is 4.31. The number of amides is 1. The quantitative estimate of drug-likeness (QED) is 0.484. The van der Waals surface area contributed by atoms with Crippen LogP contribution in [-0.2, 0) is 0 Å². The van der Waals surface area contributed by atoms with Crippen LogP contribution < -0.4 is 10.6 Å². The number of hydrogen-bond donors (Lipinski definition) is 2. The molecule has 118 valence electrons. The number of rotatable bonds is 3. The topological polar surface area (TPSA) is 84.3 Å². The minimum Gasteiger partial charge on any atom is -0.327 e. The maximum absolute atomic E-state index is 12.1. The van der Waals surface area contributed by atoms with Gasteiger partial charge in [-0.15, -0.1) is 0 Å². The lowest BCUT2D eigenvalue weighted by molar-refractivity contribution is -0.383. The van der Waals surface area contributed by atoms with Gasteiger partial charge in [-0.05, 0) is 36.5 Å². The first-order valence-electron chi connectivity index (χ1n) is 6.19. The molecule has 0 aliphatic heterocycles. The van der Waals surface area contributed by atoms with Gasteiger partial charge in [-0.3, -0.25) is 20.2 Å². The molecule has 0 aliphatic rings. The lowest BCUT2D eigenvalue weighted by atomic mass is 10.2. The van der Waals surface area contributed by atoms with E-state index in [2.05, 4.69) is 10.6 Å². The van der Waals surface area contributed by atoms with E-state index in [4.69, 9.17) is 35.4 Å². The first-order valence-corrected chi connectivity index (χ1v) is 7.35.